The zero-order valence-corrected chi connectivity index (χ0v) is 20.3. The SMILES string of the molecule is O=C1N=C(N2CCC3(CC2)OCc2ccccc23)SC1=C1c2ccccc2CCc2ccccc21. The van der Waals surface area contributed by atoms with Gasteiger partial charge >= 0.3 is 0 Å². The van der Waals surface area contributed by atoms with Crippen molar-refractivity contribution in [2.75, 3.05) is 13.1 Å². The Bertz CT molecular complexity index is 1370. The fourth-order valence-electron chi connectivity index (χ4n) is 6.07. The number of aliphatic imine (C=N–C) groups is 1. The summed E-state index contributed by atoms with van der Waals surface area (Å²) < 4.78 is 6.34. The van der Waals surface area contributed by atoms with E-state index in [4.69, 9.17) is 4.74 Å². The molecule has 5 heteroatoms. The number of carbonyl (C=O) groups is 1. The van der Waals surface area contributed by atoms with Crippen molar-refractivity contribution in [1.29, 1.82) is 0 Å². The van der Waals surface area contributed by atoms with Crippen LogP contribution >= 0.6 is 11.8 Å². The zero-order valence-electron chi connectivity index (χ0n) is 19.5. The lowest BCUT2D eigenvalue weighted by Crippen LogP contribution is -2.44. The lowest BCUT2D eigenvalue weighted by molar-refractivity contribution is -0.113. The van der Waals surface area contributed by atoms with Gasteiger partial charge in [-0.1, -0.05) is 72.8 Å². The van der Waals surface area contributed by atoms with Gasteiger partial charge in [0.1, 0.15) is 0 Å². The van der Waals surface area contributed by atoms with Gasteiger partial charge in [0.05, 0.1) is 17.1 Å². The molecule has 1 saturated heterocycles. The van der Waals surface area contributed by atoms with Crippen LogP contribution in [-0.2, 0) is 34.6 Å². The van der Waals surface area contributed by atoms with E-state index in [1.54, 1.807) is 11.8 Å². The molecule has 0 aromatic heterocycles. The van der Waals surface area contributed by atoms with Crippen LogP contribution in [0.25, 0.3) is 5.57 Å². The second-order valence-electron chi connectivity index (χ2n) is 9.75. The van der Waals surface area contributed by atoms with Crippen molar-refractivity contribution >= 4 is 28.4 Å². The molecule has 3 aromatic rings. The van der Waals surface area contributed by atoms with Gasteiger partial charge in [-0.3, -0.25) is 4.79 Å². The third-order valence-corrected chi connectivity index (χ3v) is 9.02. The Labute approximate surface area is 209 Å². The summed E-state index contributed by atoms with van der Waals surface area (Å²) in [6.07, 6.45) is 3.78. The van der Waals surface area contributed by atoms with E-state index in [0.717, 1.165) is 54.4 Å². The van der Waals surface area contributed by atoms with Crippen LogP contribution in [-0.4, -0.2) is 29.1 Å². The van der Waals surface area contributed by atoms with Gasteiger partial charge in [0.25, 0.3) is 5.91 Å². The minimum Gasteiger partial charge on any atom is -0.365 e. The standard InChI is InChI=1S/C30H26N2O2S/c33-28-27(26-23-10-4-1-7-20(23)13-14-21-8-2-5-11-24(21)26)35-29(31-28)32-17-15-30(16-18-32)25-12-6-3-9-22(25)19-34-30/h1-12H,13-19H2. The maximum atomic E-state index is 13.4. The highest BCUT2D eigenvalue weighted by atomic mass is 32.2. The van der Waals surface area contributed by atoms with Gasteiger partial charge in [-0.25, -0.2) is 0 Å². The molecule has 7 rings (SSSR count). The summed E-state index contributed by atoms with van der Waals surface area (Å²) in [5.74, 6) is -0.116. The monoisotopic (exact) mass is 478 g/mol. The molecule has 4 aliphatic rings. The number of thioether (sulfide) groups is 1. The molecule has 0 unspecified atom stereocenters. The molecular formula is C30H26N2O2S. The number of ether oxygens (including phenoxy) is 1. The number of hydrogen-bond donors (Lipinski definition) is 0. The quantitative estimate of drug-likeness (QED) is 0.389. The smallest absolute Gasteiger partial charge is 0.286 e. The molecule has 0 saturated carbocycles. The summed E-state index contributed by atoms with van der Waals surface area (Å²) in [5, 5.41) is 0.831. The molecule has 0 N–H and O–H groups in total. The molecule has 1 spiro atoms. The highest BCUT2D eigenvalue weighted by molar-refractivity contribution is 8.18. The topological polar surface area (TPSA) is 41.9 Å². The maximum Gasteiger partial charge on any atom is 0.286 e. The van der Waals surface area contributed by atoms with Crippen LogP contribution in [0.15, 0.2) is 82.7 Å². The minimum atomic E-state index is -0.193. The van der Waals surface area contributed by atoms with Crippen LogP contribution in [0.4, 0.5) is 0 Å². The van der Waals surface area contributed by atoms with Crippen LogP contribution in [0, 0.1) is 0 Å². The first-order valence-corrected chi connectivity index (χ1v) is 13.2. The van der Waals surface area contributed by atoms with Crippen molar-refractivity contribution in [2.45, 2.75) is 37.9 Å². The van der Waals surface area contributed by atoms with Crippen LogP contribution in [0.1, 0.15) is 46.2 Å². The summed E-state index contributed by atoms with van der Waals surface area (Å²) in [6.45, 7) is 2.37. The molecule has 1 fully saturated rings. The molecule has 174 valence electrons. The van der Waals surface area contributed by atoms with E-state index in [1.165, 1.54) is 33.4 Å². The van der Waals surface area contributed by atoms with Gasteiger partial charge in [-0.2, -0.15) is 4.99 Å². The summed E-state index contributed by atoms with van der Waals surface area (Å²) in [4.78, 5) is 21.0. The number of amides is 1. The third-order valence-electron chi connectivity index (χ3n) is 7.90. The first kappa shape index (κ1) is 21.2. The first-order valence-electron chi connectivity index (χ1n) is 12.4. The lowest BCUT2D eigenvalue weighted by atomic mass is 9.84. The van der Waals surface area contributed by atoms with E-state index < -0.39 is 0 Å². The van der Waals surface area contributed by atoms with Crippen molar-refractivity contribution in [2.24, 2.45) is 4.99 Å². The van der Waals surface area contributed by atoms with Crippen LogP contribution in [0.2, 0.25) is 0 Å². The third kappa shape index (κ3) is 3.40. The molecule has 3 heterocycles. The van der Waals surface area contributed by atoms with Gasteiger partial charge < -0.3 is 9.64 Å². The fraction of sp³-hybridized carbons (Fsp3) is 0.267. The van der Waals surface area contributed by atoms with Crippen molar-refractivity contribution in [3.05, 3.63) is 111 Å². The number of fused-ring (bicyclic) bond motifs is 4. The number of amidine groups is 1. The number of nitrogens with zero attached hydrogens (tertiary/aromatic N) is 2. The van der Waals surface area contributed by atoms with E-state index in [9.17, 15) is 4.79 Å². The Morgan fingerprint density at radius 1 is 0.800 bits per heavy atom. The van der Waals surface area contributed by atoms with Crippen molar-refractivity contribution in [3.8, 4) is 0 Å². The van der Waals surface area contributed by atoms with E-state index >= 15 is 0 Å². The second-order valence-corrected chi connectivity index (χ2v) is 10.7. The molecule has 0 atom stereocenters. The van der Waals surface area contributed by atoms with Crippen molar-refractivity contribution in [3.63, 3.8) is 0 Å². The summed E-state index contributed by atoms with van der Waals surface area (Å²) in [7, 11) is 0. The number of likely N-dealkylation sites (tertiary alicyclic amines) is 1. The molecule has 1 amide bonds. The average Bonchev–Trinajstić information content (AvgIpc) is 3.40. The number of rotatable bonds is 0. The van der Waals surface area contributed by atoms with E-state index in [-0.39, 0.29) is 11.5 Å². The van der Waals surface area contributed by atoms with E-state index in [2.05, 4.69) is 82.7 Å². The number of hydrogen-bond acceptors (Lipinski definition) is 4. The fourth-order valence-corrected chi connectivity index (χ4v) is 7.15. The Morgan fingerprint density at radius 3 is 2.09 bits per heavy atom. The van der Waals surface area contributed by atoms with Gasteiger partial charge in [-0.05, 0) is 70.8 Å². The maximum absolute atomic E-state index is 13.4. The molecule has 35 heavy (non-hydrogen) atoms. The zero-order chi connectivity index (χ0) is 23.4. The van der Waals surface area contributed by atoms with Gasteiger partial charge in [0, 0.05) is 18.7 Å². The van der Waals surface area contributed by atoms with Gasteiger partial charge in [0.15, 0.2) is 5.17 Å². The first-order chi connectivity index (χ1) is 17.2. The minimum absolute atomic E-state index is 0.116. The molecule has 3 aliphatic heterocycles. The summed E-state index contributed by atoms with van der Waals surface area (Å²) in [5.41, 5.74) is 8.42. The molecular weight excluding hydrogens is 452 g/mol. The Morgan fingerprint density at radius 2 is 1.40 bits per heavy atom. The number of carbonyl (C=O) groups excluding carboxylic acids is 1. The number of aryl methyl sites for hydroxylation is 2. The molecule has 0 bridgehead atoms. The normalized spacial score (nSPS) is 20.4. The van der Waals surface area contributed by atoms with Gasteiger partial charge in [-0.15, -0.1) is 0 Å². The van der Waals surface area contributed by atoms with Crippen molar-refractivity contribution in [1.82, 2.24) is 4.90 Å². The van der Waals surface area contributed by atoms with Crippen LogP contribution in [0.5, 0.6) is 0 Å². The Kier molecular flexibility index (Phi) is 4.97. The second kappa shape index (κ2) is 8.21. The number of benzene rings is 3. The lowest BCUT2D eigenvalue weighted by Gasteiger charge is -2.39. The van der Waals surface area contributed by atoms with Crippen molar-refractivity contribution < 1.29 is 9.53 Å². The highest BCUT2D eigenvalue weighted by Crippen LogP contribution is 2.46. The van der Waals surface area contributed by atoms with Gasteiger partial charge in [0.2, 0.25) is 0 Å². The molecule has 4 nitrogen and oxygen atoms in total. The number of piperidine rings is 1. The summed E-state index contributed by atoms with van der Waals surface area (Å²) >= 11 is 1.55. The molecule has 3 aromatic carbocycles. The predicted octanol–water partition coefficient (Wildman–Crippen LogP) is 5.70. The van der Waals surface area contributed by atoms with E-state index in [0.29, 0.717) is 6.61 Å². The predicted molar refractivity (Wildman–Crippen MR) is 140 cm³/mol. The largest absolute Gasteiger partial charge is 0.365 e. The Balaban J connectivity index is 1.21. The van der Waals surface area contributed by atoms with Crippen LogP contribution < -0.4 is 0 Å². The van der Waals surface area contributed by atoms with Crippen LogP contribution in [0.3, 0.4) is 0 Å². The van der Waals surface area contributed by atoms with E-state index in [1.807, 2.05) is 0 Å². The Hall–Kier alpha value is -3.15. The molecule has 1 aliphatic carbocycles. The highest BCUT2D eigenvalue weighted by Gasteiger charge is 2.44. The average molecular weight is 479 g/mol. The summed E-state index contributed by atoms with van der Waals surface area (Å²) in [6, 6.07) is 25.6. The molecule has 0 radical (unpaired) electrons.